The first-order valence-corrected chi connectivity index (χ1v) is 7.31. The lowest BCUT2D eigenvalue weighted by atomic mass is 10.2. The number of nitrogens with one attached hydrogen (secondary N) is 1. The third-order valence-corrected chi connectivity index (χ3v) is 3.54. The van der Waals surface area contributed by atoms with Gasteiger partial charge < -0.3 is 10.1 Å². The van der Waals surface area contributed by atoms with Gasteiger partial charge in [-0.3, -0.25) is 4.79 Å². The molecule has 0 spiro atoms. The fraction of sp³-hybridized carbons (Fsp3) is 0.188. The molecule has 2 rings (SSSR count). The summed E-state index contributed by atoms with van der Waals surface area (Å²) in [4.78, 5) is 12.1. The lowest BCUT2D eigenvalue weighted by Gasteiger charge is -2.16. The van der Waals surface area contributed by atoms with Crippen LogP contribution in [0.5, 0.6) is 5.75 Å². The third-order valence-electron chi connectivity index (χ3n) is 3.01. The summed E-state index contributed by atoms with van der Waals surface area (Å²) in [7, 11) is 0. The van der Waals surface area contributed by atoms with E-state index in [9.17, 15) is 9.18 Å². The van der Waals surface area contributed by atoms with Gasteiger partial charge in [0.1, 0.15) is 11.6 Å². The third kappa shape index (κ3) is 4.12. The minimum Gasteiger partial charge on any atom is -0.479 e. The molecule has 2 aromatic rings. The molecule has 1 N–H and O–H groups in total. The van der Waals surface area contributed by atoms with Gasteiger partial charge in [-0.25, -0.2) is 4.39 Å². The predicted molar refractivity (Wildman–Crippen MR) is 86.3 cm³/mol. The minimum absolute atomic E-state index is 0.313. The Morgan fingerprint density at radius 3 is 2.59 bits per heavy atom. The van der Waals surface area contributed by atoms with E-state index >= 15 is 0 Å². The molecular weight excluding hydrogens is 328 g/mol. The Labute approximate surface area is 138 Å². The van der Waals surface area contributed by atoms with Crippen LogP contribution in [-0.4, -0.2) is 12.0 Å². The molecule has 0 bridgehead atoms. The summed E-state index contributed by atoms with van der Waals surface area (Å²) in [6.45, 7) is 3.22. The molecule has 1 atom stereocenters. The minimum atomic E-state index is -0.803. The van der Waals surface area contributed by atoms with E-state index in [1.807, 2.05) is 0 Å². The van der Waals surface area contributed by atoms with E-state index in [4.69, 9.17) is 27.9 Å². The molecule has 0 radical (unpaired) electrons. The van der Waals surface area contributed by atoms with Gasteiger partial charge in [0.05, 0.1) is 5.02 Å². The summed E-state index contributed by atoms with van der Waals surface area (Å²) in [5.41, 5.74) is 0.876. The second kappa shape index (κ2) is 6.99. The van der Waals surface area contributed by atoms with E-state index in [1.165, 1.54) is 12.1 Å². The average Bonchev–Trinajstić information content (AvgIpc) is 2.45. The molecular formula is C16H14Cl2FNO2. The Bertz CT molecular complexity index is 707. The average molecular weight is 342 g/mol. The van der Waals surface area contributed by atoms with Crippen LogP contribution in [0.25, 0.3) is 0 Å². The van der Waals surface area contributed by atoms with Gasteiger partial charge in [0.15, 0.2) is 6.10 Å². The van der Waals surface area contributed by atoms with Crippen molar-refractivity contribution in [1.82, 2.24) is 0 Å². The standard InChI is InChI=1S/C16H14Cl2FNO2/c1-9-3-5-12(8-14(9)19)20-16(21)10(2)22-15-6-4-11(17)7-13(15)18/h3-8,10H,1-2H3,(H,20,21)/t10-/m0/s1. The Morgan fingerprint density at radius 1 is 1.23 bits per heavy atom. The number of hydrogen-bond donors (Lipinski definition) is 1. The van der Waals surface area contributed by atoms with E-state index in [1.54, 1.807) is 38.1 Å². The van der Waals surface area contributed by atoms with Crippen molar-refractivity contribution in [1.29, 1.82) is 0 Å². The van der Waals surface area contributed by atoms with Crippen molar-refractivity contribution in [2.24, 2.45) is 0 Å². The molecule has 2 aromatic carbocycles. The normalized spacial score (nSPS) is 11.9. The van der Waals surface area contributed by atoms with Gasteiger partial charge in [-0.1, -0.05) is 29.3 Å². The first-order chi connectivity index (χ1) is 10.4. The van der Waals surface area contributed by atoms with Crippen molar-refractivity contribution in [3.8, 4) is 5.75 Å². The summed E-state index contributed by atoms with van der Waals surface area (Å²) in [5.74, 6) is -0.440. The molecule has 0 aliphatic heterocycles. The number of amides is 1. The highest BCUT2D eigenvalue weighted by molar-refractivity contribution is 6.35. The maximum absolute atomic E-state index is 13.5. The summed E-state index contributed by atoms with van der Waals surface area (Å²) < 4.78 is 18.9. The topological polar surface area (TPSA) is 38.3 Å². The Balaban J connectivity index is 2.04. The summed E-state index contributed by atoms with van der Waals surface area (Å²) >= 11 is 11.8. The van der Waals surface area contributed by atoms with Gasteiger partial charge in [0.2, 0.25) is 0 Å². The van der Waals surface area contributed by atoms with Crippen molar-refractivity contribution < 1.29 is 13.9 Å². The van der Waals surface area contributed by atoms with Crippen LogP contribution in [0.4, 0.5) is 10.1 Å². The zero-order valence-electron chi connectivity index (χ0n) is 12.0. The Kier molecular flexibility index (Phi) is 5.27. The molecule has 0 aliphatic rings. The van der Waals surface area contributed by atoms with E-state index in [0.29, 0.717) is 27.0 Å². The van der Waals surface area contributed by atoms with Gasteiger partial charge in [-0.15, -0.1) is 0 Å². The number of carbonyl (C=O) groups is 1. The molecule has 0 heterocycles. The van der Waals surface area contributed by atoms with E-state index in [0.717, 1.165) is 0 Å². The number of aryl methyl sites for hydroxylation is 1. The van der Waals surface area contributed by atoms with Crippen LogP contribution >= 0.6 is 23.2 Å². The predicted octanol–water partition coefficient (Wildman–Crippen LogP) is 4.85. The highest BCUT2D eigenvalue weighted by Crippen LogP contribution is 2.28. The molecule has 22 heavy (non-hydrogen) atoms. The van der Waals surface area contributed by atoms with Crippen LogP contribution in [0.1, 0.15) is 12.5 Å². The quantitative estimate of drug-likeness (QED) is 0.863. The molecule has 0 fully saturated rings. The second-order valence-corrected chi connectivity index (χ2v) is 5.63. The maximum Gasteiger partial charge on any atom is 0.265 e. The van der Waals surface area contributed by atoms with Crippen molar-refractivity contribution in [2.75, 3.05) is 5.32 Å². The fourth-order valence-electron chi connectivity index (χ4n) is 1.73. The highest BCUT2D eigenvalue weighted by Gasteiger charge is 2.17. The van der Waals surface area contributed by atoms with E-state index in [-0.39, 0.29) is 5.82 Å². The fourth-order valence-corrected chi connectivity index (χ4v) is 2.18. The van der Waals surface area contributed by atoms with Crippen molar-refractivity contribution in [3.05, 3.63) is 57.8 Å². The van der Waals surface area contributed by atoms with Gasteiger partial charge in [0, 0.05) is 10.7 Å². The Morgan fingerprint density at radius 2 is 1.95 bits per heavy atom. The zero-order valence-corrected chi connectivity index (χ0v) is 13.5. The first-order valence-electron chi connectivity index (χ1n) is 6.55. The molecule has 0 unspecified atom stereocenters. The molecule has 6 heteroatoms. The molecule has 0 aromatic heterocycles. The summed E-state index contributed by atoms with van der Waals surface area (Å²) in [5, 5.41) is 3.38. The molecule has 116 valence electrons. The molecule has 0 aliphatic carbocycles. The lowest BCUT2D eigenvalue weighted by molar-refractivity contribution is -0.122. The van der Waals surface area contributed by atoms with Gasteiger partial charge in [-0.05, 0) is 49.7 Å². The van der Waals surface area contributed by atoms with Crippen molar-refractivity contribution in [3.63, 3.8) is 0 Å². The van der Waals surface area contributed by atoms with Crippen LogP contribution in [-0.2, 0) is 4.79 Å². The van der Waals surface area contributed by atoms with Crippen LogP contribution in [0.3, 0.4) is 0 Å². The van der Waals surface area contributed by atoms with Crippen molar-refractivity contribution in [2.45, 2.75) is 20.0 Å². The highest BCUT2D eigenvalue weighted by atomic mass is 35.5. The van der Waals surface area contributed by atoms with Crippen LogP contribution in [0.2, 0.25) is 10.0 Å². The maximum atomic E-state index is 13.5. The van der Waals surface area contributed by atoms with E-state index < -0.39 is 12.0 Å². The molecule has 0 saturated carbocycles. The molecule has 0 saturated heterocycles. The summed E-state index contributed by atoms with van der Waals surface area (Å²) in [6.07, 6.45) is -0.803. The SMILES string of the molecule is Cc1ccc(NC(=O)[C@H](C)Oc2ccc(Cl)cc2Cl)cc1F. The molecule has 1 amide bonds. The number of anilines is 1. The van der Waals surface area contributed by atoms with Crippen LogP contribution < -0.4 is 10.1 Å². The molecule has 3 nitrogen and oxygen atoms in total. The van der Waals surface area contributed by atoms with E-state index in [2.05, 4.69) is 5.32 Å². The lowest BCUT2D eigenvalue weighted by Crippen LogP contribution is -2.30. The monoisotopic (exact) mass is 341 g/mol. The second-order valence-electron chi connectivity index (χ2n) is 4.79. The number of halogens is 3. The Hall–Kier alpha value is -1.78. The van der Waals surface area contributed by atoms with Gasteiger partial charge in [0.25, 0.3) is 5.91 Å². The van der Waals surface area contributed by atoms with Gasteiger partial charge in [-0.2, -0.15) is 0 Å². The smallest absolute Gasteiger partial charge is 0.265 e. The number of hydrogen-bond acceptors (Lipinski definition) is 2. The van der Waals surface area contributed by atoms with Crippen LogP contribution in [0.15, 0.2) is 36.4 Å². The number of benzene rings is 2. The van der Waals surface area contributed by atoms with Crippen LogP contribution in [0, 0.1) is 12.7 Å². The number of ether oxygens (including phenoxy) is 1. The zero-order chi connectivity index (χ0) is 16.3. The largest absolute Gasteiger partial charge is 0.479 e. The van der Waals surface area contributed by atoms with Crippen molar-refractivity contribution >= 4 is 34.8 Å². The summed E-state index contributed by atoms with van der Waals surface area (Å²) in [6, 6.07) is 9.20. The number of carbonyl (C=O) groups excluding carboxylic acids is 1. The van der Waals surface area contributed by atoms with Gasteiger partial charge >= 0.3 is 0 Å². The first kappa shape index (κ1) is 16.6. The number of rotatable bonds is 4.